The highest BCUT2D eigenvalue weighted by Gasteiger charge is 2.35. The third-order valence-electron chi connectivity index (χ3n) is 6.80. The number of esters is 1. The van der Waals surface area contributed by atoms with Gasteiger partial charge < -0.3 is 36.2 Å². The Kier molecular flexibility index (Phi) is 12.7. The van der Waals surface area contributed by atoms with E-state index < -0.39 is 66.1 Å². The largest absolute Gasteiger partial charge is 0.456 e. The van der Waals surface area contributed by atoms with Gasteiger partial charge in [0.05, 0.1) is 13.2 Å². The quantitative estimate of drug-likeness (QED) is 0.156. The molecule has 0 radical (unpaired) electrons. The van der Waals surface area contributed by atoms with Gasteiger partial charge in [-0.3, -0.25) is 9.59 Å². The summed E-state index contributed by atoms with van der Waals surface area (Å²) in [6.07, 6.45) is -1.38. The van der Waals surface area contributed by atoms with Crippen LogP contribution in [0, 0.1) is 23.4 Å². The number of hydrogen-bond donors (Lipinski definition) is 5. The molecule has 0 aliphatic carbocycles. The Hall–Kier alpha value is -3.33. The average molecular weight is 627 g/mol. The summed E-state index contributed by atoms with van der Waals surface area (Å²) in [6.45, 7) is 3.17. The molecule has 0 aromatic heterocycles. The van der Waals surface area contributed by atoms with Crippen LogP contribution in [0.2, 0.25) is 0 Å². The van der Waals surface area contributed by atoms with E-state index in [0.717, 1.165) is 11.6 Å². The Morgan fingerprint density at radius 1 is 1.07 bits per heavy atom. The number of rotatable bonds is 14. The first kappa shape index (κ1) is 34.2. The van der Waals surface area contributed by atoms with E-state index in [-0.39, 0.29) is 36.8 Å². The van der Waals surface area contributed by atoms with Gasteiger partial charge in [0.2, 0.25) is 5.91 Å². The molecule has 3 atom stereocenters. The molecule has 1 aliphatic heterocycles. The summed E-state index contributed by atoms with van der Waals surface area (Å²) >= 11 is 1.30. The van der Waals surface area contributed by atoms with Crippen LogP contribution in [-0.4, -0.2) is 82.0 Å². The van der Waals surface area contributed by atoms with Gasteiger partial charge in [-0.15, -0.1) is 11.8 Å². The lowest BCUT2D eigenvalue weighted by atomic mass is 10.0. The van der Waals surface area contributed by atoms with Crippen LogP contribution in [0.4, 0.5) is 18.9 Å². The number of carbonyl (C=O) groups excluding carboxylic acids is 3. The van der Waals surface area contributed by atoms with Crippen molar-refractivity contribution in [3.05, 3.63) is 65.0 Å². The molecule has 1 unspecified atom stereocenters. The summed E-state index contributed by atoms with van der Waals surface area (Å²) in [7, 11) is 0. The van der Waals surface area contributed by atoms with Gasteiger partial charge in [-0.05, 0) is 41.7 Å². The summed E-state index contributed by atoms with van der Waals surface area (Å²) in [4.78, 5) is 39.8. The monoisotopic (exact) mass is 626 g/mol. The van der Waals surface area contributed by atoms with Crippen LogP contribution in [0.5, 0.6) is 0 Å². The third-order valence-corrected chi connectivity index (χ3v) is 8.00. The minimum absolute atomic E-state index is 0.137. The molecule has 1 heterocycles. The topological polar surface area (TPSA) is 154 Å². The van der Waals surface area contributed by atoms with Crippen molar-refractivity contribution in [2.24, 2.45) is 11.7 Å². The van der Waals surface area contributed by atoms with Crippen molar-refractivity contribution >= 4 is 35.2 Å². The summed E-state index contributed by atoms with van der Waals surface area (Å²) in [6, 6.07) is 6.56. The minimum atomic E-state index is -1.31. The predicted octanol–water partition coefficient (Wildman–Crippen LogP) is 1.91. The zero-order valence-corrected chi connectivity index (χ0v) is 24.7. The molecule has 43 heavy (non-hydrogen) atoms. The number of amides is 2. The summed E-state index contributed by atoms with van der Waals surface area (Å²) < 4.78 is 45.8. The normalized spacial score (nSPS) is 16.3. The summed E-state index contributed by atoms with van der Waals surface area (Å²) in [5.41, 5.74) is 7.26. The van der Waals surface area contributed by atoms with E-state index in [4.69, 9.17) is 10.5 Å². The van der Waals surface area contributed by atoms with Crippen LogP contribution in [0.3, 0.4) is 0 Å². The van der Waals surface area contributed by atoms with E-state index in [1.807, 2.05) is 13.8 Å². The second-order valence-electron chi connectivity index (χ2n) is 10.5. The molecule has 1 saturated heterocycles. The van der Waals surface area contributed by atoms with Crippen molar-refractivity contribution in [1.82, 2.24) is 10.2 Å². The van der Waals surface area contributed by atoms with Gasteiger partial charge in [0, 0.05) is 43.1 Å². The number of thioether (sulfide) groups is 1. The van der Waals surface area contributed by atoms with Gasteiger partial charge in [-0.2, -0.15) is 0 Å². The van der Waals surface area contributed by atoms with Crippen molar-refractivity contribution in [2.45, 2.75) is 56.8 Å². The second kappa shape index (κ2) is 15.9. The molecule has 2 amide bonds. The summed E-state index contributed by atoms with van der Waals surface area (Å²) in [5, 5.41) is 23.5. The van der Waals surface area contributed by atoms with E-state index in [1.54, 1.807) is 24.3 Å². The van der Waals surface area contributed by atoms with Gasteiger partial charge in [-0.1, -0.05) is 26.0 Å². The van der Waals surface area contributed by atoms with Gasteiger partial charge in [0.1, 0.15) is 18.0 Å². The van der Waals surface area contributed by atoms with Crippen molar-refractivity contribution in [3.8, 4) is 0 Å². The molecule has 14 heteroatoms. The van der Waals surface area contributed by atoms with E-state index in [0.29, 0.717) is 24.1 Å². The number of nitrogens with zero attached hydrogens (tertiary/aromatic N) is 1. The smallest absolute Gasteiger partial charge is 0.329 e. The van der Waals surface area contributed by atoms with Crippen LogP contribution in [0.25, 0.3) is 0 Å². The molecular formula is C29H37F3N4O6S. The van der Waals surface area contributed by atoms with Crippen molar-refractivity contribution in [2.75, 3.05) is 30.8 Å². The van der Waals surface area contributed by atoms with Crippen LogP contribution in [0.1, 0.15) is 31.4 Å². The molecule has 0 saturated carbocycles. The lowest BCUT2D eigenvalue weighted by molar-refractivity contribution is -0.155. The van der Waals surface area contributed by atoms with Crippen molar-refractivity contribution in [1.29, 1.82) is 0 Å². The Bertz CT molecular complexity index is 1270. The number of nitrogens with two attached hydrogens (primary N) is 1. The zero-order chi connectivity index (χ0) is 31.7. The van der Waals surface area contributed by atoms with Crippen molar-refractivity contribution < 1.29 is 42.5 Å². The number of nitrogens with one attached hydrogen (secondary N) is 2. The van der Waals surface area contributed by atoms with E-state index in [1.165, 1.54) is 16.7 Å². The highest BCUT2D eigenvalue weighted by Crippen LogP contribution is 2.26. The lowest BCUT2D eigenvalue weighted by Gasteiger charge is -2.25. The highest BCUT2D eigenvalue weighted by atomic mass is 32.2. The molecule has 3 rings (SSSR count). The number of carbonyl (C=O) groups is 3. The fourth-order valence-corrected chi connectivity index (χ4v) is 5.56. The molecule has 2 aromatic rings. The number of aliphatic hydroxyl groups is 2. The van der Waals surface area contributed by atoms with Crippen molar-refractivity contribution in [3.63, 3.8) is 0 Å². The Labute approximate surface area is 252 Å². The summed E-state index contributed by atoms with van der Waals surface area (Å²) in [5.74, 6) is -4.46. The molecule has 6 N–H and O–H groups in total. The Morgan fingerprint density at radius 3 is 2.35 bits per heavy atom. The number of benzene rings is 2. The molecular weight excluding hydrogens is 589 g/mol. The molecule has 0 spiro atoms. The zero-order valence-electron chi connectivity index (χ0n) is 23.9. The molecule has 1 fully saturated rings. The van der Waals surface area contributed by atoms with Crippen LogP contribution in [0.15, 0.2) is 36.4 Å². The first-order valence-corrected chi connectivity index (χ1v) is 14.8. The lowest BCUT2D eigenvalue weighted by Crippen LogP contribution is -2.46. The number of hydrogen-bond acceptors (Lipinski definition) is 9. The highest BCUT2D eigenvalue weighted by molar-refractivity contribution is 8.00. The van der Waals surface area contributed by atoms with E-state index in [2.05, 4.69) is 10.6 Å². The maximum Gasteiger partial charge on any atom is 0.329 e. The molecule has 0 bridgehead atoms. The van der Waals surface area contributed by atoms with E-state index >= 15 is 0 Å². The van der Waals surface area contributed by atoms with Gasteiger partial charge >= 0.3 is 5.97 Å². The van der Waals surface area contributed by atoms with Crippen LogP contribution >= 0.6 is 11.8 Å². The average Bonchev–Trinajstić information content (AvgIpc) is 3.47. The Morgan fingerprint density at radius 2 is 1.72 bits per heavy atom. The molecule has 1 aliphatic rings. The number of ether oxygens (including phenoxy) is 1. The SMILES string of the molecule is CC(C)C(Nc1ccc(CNC(=O)[C@@H]2SCCN2C(=O)C[C@H](N)Cc2cc(F)c(F)cc2F)cc1)C(=O)OC(CO)CO. The fourth-order valence-electron chi connectivity index (χ4n) is 4.40. The molecule has 10 nitrogen and oxygen atoms in total. The number of aliphatic hydroxyl groups excluding tert-OH is 2. The standard InChI is InChI=1S/C29H37F3N4O6S/c1-16(2)26(29(41)42-21(14-37)15-38)35-20-5-3-17(4-6-20)13-34-27(40)28-36(7-8-43-28)25(39)11-19(33)9-18-10-23(31)24(32)12-22(18)30/h3-6,10,12,16,19,21,26,28,35,37-38H,7-9,11,13-15,33H2,1-2H3,(H,34,40)/t19-,26?,28+/m1/s1. The predicted molar refractivity (Wildman–Crippen MR) is 155 cm³/mol. The van der Waals surface area contributed by atoms with Gasteiger partial charge in [0.15, 0.2) is 17.0 Å². The number of halogens is 3. The minimum Gasteiger partial charge on any atom is -0.456 e. The third kappa shape index (κ3) is 9.58. The fraction of sp³-hybridized carbons (Fsp3) is 0.483. The molecule has 2 aromatic carbocycles. The van der Waals surface area contributed by atoms with Crippen LogP contribution < -0.4 is 16.4 Å². The van der Waals surface area contributed by atoms with Gasteiger partial charge in [0.25, 0.3) is 5.91 Å². The Balaban J connectivity index is 1.52. The number of anilines is 1. The van der Waals surface area contributed by atoms with E-state index in [9.17, 15) is 37.8 Å². The maximum absolute atomic E-state index is 14.0. The second-order valence-corrected chi connectivity index (χ2v) is 11.7. The first-order valence-electron chi connectivity index (χ1n) is 13.8. The maximum atomic E-state index is 14.0. The van der Waals surface area contributed by atoms with Crippen LogP contribution in [-0.2, 0) is 32.1 Å². The van der Waals surface area contributed by atoms with Gasteiger partial charge in [-0.25, -0.2) is 18.0 Å². The first-order chi connectivity index (χ1) is 20.4. The molecule has 236 valence electrons.